The van der Waals surface area contributed by atoms with Gasteiger partial charge in [0.1, 0.15) is 24.5 Å². The largest absolute Gasteiger partial charge is 0.487 e. The molecule has 2 aromatic carbocycles. The fraction of sp³-hybridized carbons (Fsp3) is 0.100. The Morgan fingerprint density at radius 3 is 2.82 bits per heavy atom. The zero-order chi connectivity index (χ0) is 19.7. The quantitative estimate of drug-likeness (QED) is 0.324. The van der Waals surface area contributed by atoms with Crippen LogP contribution < -0.4 is 9.64 Å². The van der Waals surface area contributed by atoms with E-state index in [2.05, 4.69) is 25.9 Å². The number of halogens is 3. The van der Waals surface area contributed by atoms with Crippen LogP contribution >= 0.6 is 38.9 Å². The second-order valence-corrected chi connectivity index (χ2v) is 8.89. The third kappa shape index (κ3) is 3.97. The summed E-state index contributed by atoms with van der Waals surface area (Å²) in [6.07, 6.45) is 1.55. The van der Waals surface area contributed by atoms with Gasteiger partial charge in [0.25, 0.3) is 0 Å². The Morgan fingerprint density at radius 1 is 1.18 bits per heavy atom. The molecular weight excluding hydrogens is 465 g/mol. The SMILES string of the molecule is CN(c1ccc(OCc2cccc(F)c2)c(Cl)c1)c1ncnc2cc(Br)sc12. The highest BCUT2D eigenvalue weighted by Crippen LogP contribution is 2.37. The van der Waals surface area contributed by atoms with Crippen molar-refractivity contribution >= 4 is 60.6 Å². The molecule has 142 valence electrons. The molecule has 0 aliphatic rings. The van der Waals surface area contributed by atoms with Crippen LogP contribution in [0.25, 0.3) is 10.2 Å². The third-order valence-corrected chi connectivity index (χ3v) is 6.08. The number of rotatable bonds is 5. The summed E-state index contributed by atoms with van der Waals surface area (Å²) in [5, 5.41) is 0.471. The summed E-state index contributed by atoms with van der Waals surface area (Å²) in [7, 11) is 1.92. The summed E-state index contributed by atoms with van der Waals surface area (Å²) < 4.78 is 21.0. The van der Waals surface area contributed by atoms with Crippen LogP contribution in [0.5, 0.6) is 5.75 Å². The van der Waals surface area contributed by atoms with Gasteiger partial charge in [0.05, 0.1) is 19.0 Å². The lowest BCUT2D eigenvalue weighted by atomic mass is 10.2. The molecule has 28 heavy (non-hydrogen) atoms. The summed E-state index contributed by atoms with van der Waals surface area (Å²) in [4.78, 5) is 10.7. The van der Waals surface area contributed by atoms with Gasteiger partial charge in [0.2, 0.25) is 0 Å². The van der Waals surface area contributed by atoms with Crippen LogP contribution in [-0.4, -0.2) is 17.0 Å². The zero-order valence-electron chi connectivity index (χ0n) is 14.7. The topological polar surface area (TPSA) is 38.2 Å². The van der Waals surface area contributed by atoms with Crippen LogP contribution in [0.4, 0.5) is 15.9 Å². The lowest BCUT2D eigenvalue weighted by Gasteiger charge is -2.19. The maximum Gasteiger partial charge on any atom is 0.154 e. The van der Waals surface area contributed by atoms with Crippen molar-refractivity contribution in [2.75, 3.05) is 11.9 Å². The number of thiophene rings is 1. The molecule has 4 nitrogen and oxygen atoms in total. The lowest BCUT2D eigenvalue weighted by Crippen LogP contribution is -2.11. The molecule has 0 aliphatic heterocycles. The number of fused-ring (bicyclic) bond motifs is 1. The van der Waals surface area contributed by atoms with Gasteiger partial charge in [0, 0.05) is 12.7 Å². The molecule has 0 fully saturated rings. The van der Waals surface area contributed by atoms with Crippen molar-refractivity contribution in [1.82, 2.24) is 9.97 Å². The van der Waals surface area contributed by atoms with Crippen LogP contribution in [0.15, 0.2) is 58.6 Å². The maximum atomic E-state index is 13.3. The number of nitrogens with zero attached hydrogens (tertiary/aromatic N) is 3. The number of aromatic nitrogens is 2. The lowest BCUT2D eigenvalue weighted by molar-refractivity contribution is 0.306. The van der Waals surface area contributed by atoms with E-state index < -0.39 is 0 Å². The molecule has 2 heterocycles. The molecule has 8 heteroatoms. The first-order valence-electron chi connectivity index (χ1n) is 8.32. The first-order chi connectivity index (χ1) is 13.5. The fourth-order valence-electron chi connectivity index (χ4n) is 2.78. The Labute approximate surface area is 178 Å². The van der Waals surface area contributed by atoms with Crippen LogP contribution in [0.2, 0.25) is 5.02 Å². The fourth-order valence-corrected chi connectivity index (χ4v) is 4.57. The average Bonchev–Trinajstić information content (AvgIpc) is 3.06. The summed E-state index contributed by atoms with van der Waals surface area (Å²) >= 11 is 11.5. The molecule has 0 bridgehead atoms. The molecule has 0 N–H and O–H groups in total. The normalized spacial score (nSPS) is 11.0. The Balaban J connectivity index is 1.56. The van der Waals surface area contributed by atoms with Gasteiger partial charge in [-0.3, -0.25) is 0 Å². The molecule has 0 atom stereocenters. The van der Waals surface area contributed by atoms with E-state index in [0.29, 0.717) is 10.8 Å². The van der Waals surface area contributed by atoms with E-state index in [1.807, 2.05) is 30.1 Å². The second-order valence-electron chi connectivity index (χ2n) is 6.05. The van der Waals surface area contributed by atoms with Gasteiger partial charge in [-0.15, -0.1) is 11.3 Å². The van der Waals surface area contributed by atoms with Gasteiger partial charge < -0.3 is 9.64 Å². The summed E-state index contributed by atoms with van der Waals surface area (Å²) in [6, 6.07) is 13.8. The highest BCUT2D eigenvalue weighted by Gasteiger charge is 2.14. The van der Waals surface area contributed by atoms with Crippen molar-refractivity contribution in [2.45, 2.75) is 6.61 Å². The molecule has 0 radical (unpaired) electrons. The summed E-state index contributed by atoms with van der Waals surface area (Å²) in [5.74, 6) is 1.04. The van der Waals surface area contributed by atoms with E-state index in [1.54, 1.807) is 35.9 Å². The van der Waals surface area contributed by atoms with Gasteiger partial charge >= 0.3 is 0 Å². The molecule has 0 saturated heterocycles. The minimum Gasteiger partial charge on any atom is -0.487 e. The average molecular weight is 479 g/mol. The molecule has 4 rings (SSSR count). The number of ether oxygens (including phenoxy) is 1. The molecule has 0 unspecified atom stereocenters. The van der Waals surface area contributed by atoms with Gasteiger partial charge in [0.15, 0.2) is 5.82 Å². The third-order valence-electron chi connectivity index (χ3n) is 4.17. The van der Waals surface area contributed by atoms with E-state index in [9.17, 15) is 4.39 Å². The predicted octanol–water partition coefficient (Wildman–Crippen LogP) is 6.59. The van der Waals surface area contributed by atoms with E-state index in [4.69, 9.17) is 16.3 Å². The minimum absolute atomic E-state index is 0.239. The maximum absolute atomic E-state index is 13.3. The Morgan fingerprint density at radius 2 is 2.04 bits per heavy atom. The van der Waals surface area contributed by atoms with Gasteiger partial charge in [-0.2, -0.15) is 0 Å². The summed E-state index contributed by atoms with van der Waals surface area (Å²) in [5.41, 5.74) is 2.49. The first-order valence-corrected chi connectivity index (χ1v) is 10.3. The first kappa shape index (κ1) is 19.1. The predicted molar refractivity (Wildman–Crippen MR) is 115 cm³/mol. The van der Waals surface area contributed by atoms with Gasteiger partial charge in [-0.1, -0.05) is 23.7 Å². The van der Waals surface area contributed by atoms with E-state index in [-0.39, 0.29) is 12.4 Å². The van der Waals surface area contributed by atoms with Crippen LogP contribution in [0.1, 0.15) is 5.56 Å². The van der Waals surface area contributed by atoms with Crippen molar-refractivity contribution in [3.8, 4) is 5.75 Å². The summed E-state index contributed by atoms with van der Waals surface area (Å²) in [6.45, 7) is 0.239. The standard InChI is InChI=1S/C20H14BrClFN3OS/c1-26(20-19-16(24-11-25-20)9-18(21)28-19)14-5-6-17(15(22)8-14)27-10-12-3-2-4-13(23)7-12/h2-9,11H,10H2,1H3. The number of hydrogen-bond acceptors (Lipinski definition) is 5. The van der Waals surface area contributed by atoms with Gasteiger partial charge in [-0.25, -0.2) is 14.4 Å². The number of hydrogen-bond donors (Lipinski definition) is 0. The second kappa shape index (κ2) is 8.03. The smallest absolute Gasteiger partial charge is 0.154 e. The Kier molecular flexibility index (Phi) is 5.48. The Bertz CT molecular complexity index is 1150. The van der Waals surface area contributed by atoms with E-state index >= 15 is 0 Å². The van der Waals surface area contributed by atoms with Crippen molar-refractivity contribution < 1.29 is 9.13 Å². The van der Waals surface area contributed by atoms with Crippen LogP contribution in [0.3, 0.4) is 0 Å². The highest BCUT2D eigenvalue weighted by molar-refractivity contribution is 9.11. The van der Waals surface area contributed by atoms with Crippen molar-refractivity contribution in [1.29, 1.82) is 0 Å². The molecule has 2 aromatic heterocycles. The monoisotopic (exact) mass is 477 g/mol. The van der Waals surface area contributed by atoms with E-state index in [0.717, 1.165) is 31.1 Å². The highest BCUT2D eigenvalue weighted by atomic mass is 79.9. The molecule has 0 aliphatic carbocycles. The van der Waals surface area contributed by atoms with Gasteiger partial charge in [-0.05, 0) is 57.9 Å². The van der Waals surface area contributed by atoms with Crippen LogP contribution in [-0.2, 0) is 6.61 Å². The zero-order valence-corrected chi connectivity index (χ0v) is 17.9. The molecule has 0 saturated carbocycles. The minimum atomic E-state index is -0.291. The van der Waals surface area contributed by atoms with Crippen molar-refractivity contribution in [3.63, 3.8) is 0 Å². The Hall–Kier alpha value is -2.22. The molecule has 4 aromatic rings. The van der Waals surface area contributed by atoms with Crippen molar-refractivity contribution in [3.05, 3.63) is 75.0 Å². The number of benzene rings is 2. The number of anilines is 2. The molecular formula is C20H14BrClFN3OS. The van der Waals surface area contributed by atoms with Crippen LogP contribution in [0, 0.1) is 5.82 Å². The molecule has 0 amide bonds. The van der Waals surface area contributed by atoms with Crippen molar-refractivity contribution in [2.24, 2.45) is 0 Å². The molecule has 0 spiro atoms. The van der Waals surface area contributed by atoms with E-state index in [1.165, 1.54) is 12.1 Å².